The van der Waals surface area contributed by atoms with Crippen molar-refractivity contribution in [3.05, 3.63) is 45.9 Å². The van der Waals surface area contributed by atoms with Crippen LogP contribution in [0.25, 0.3) is 0 Å². The molecule has 2 aromatic rings. The van der Waals surface area contributed by atoms with Crippen LogP contribution in [0.1, 0.15) is 16.8 Å². The van der Waals surface area contributed by atoms with Gasteiger partial charge in [0.25, 0.3) is 0 Å². The second kappa shape index (κ2) is 4.85. The van der Waals surface area contributed by atoms with E-state index in [1.165, 1.54) is 11.1 Å². The highest BCUT2D eigenvalue weighted by atomic mass is 32.1. The van der Waals surface area contributed by atoms with Crippen molar-refractivity contribution in [1.82, 2.24) is 10.3 Å². The van der Waals surface area contributed by atoms with Crippen LogP contribution in [0.3, 0.4) is 0 Å². The van der Waals surface area contributed by atoms with Gasteiger partial charge in [0.1, 0.15) is 5.75 Å². The molecule has 0 saturated heterocycles. The Morgan fingerprint density at radius 3 is 3.24 bits per heavy atom. The topological polar surface area (TPSA) is 34.2 Å². The van der Waals surface area contributed by atoms with Crippen molar-refractivity contribution in [2.75, 3.05) is 6.61 Å². The molecular formula is C13H14N2OS. The van der Waals surface area contributed by atoms with Gasteiger partial charge < -0.3 is 10.1 Å². The summed E-state index contributed by atoms with van der Waals surface area (Å²) in [7, 11) is 0. The molecule has 17 heavy (non-hydrogen) atoms. The maximum atomic E-state index is 5.49. The van der Waals surface area contributed by atoms with Crippen LogP contribution in [0.5, 0.6) is 5.75 Å². The predicted octanol–water partition coefficient (Wildman–Crippen LogP) is 2.37. The number of rotatable bonds is 4. The number of thiazole rings is 1. The summed E-state index contributed by atoms with van der Waals surface area (Å²) in [6.07, 6.45) is 1.04. The first-order valence-corrected chi connectivity index (χ1v) is 6.68. The number of aromatic nitrogens is 1. The first-order chi connectivity index (χ1) is 8.42. The number of fused-ring (bicyclic) bond motifs is 1. The molecule has 88 valence electrons. The smallest absolute Gasteiger partial charge is 0.122 e. The summed E-state index contributed by atoms with van der Waals surface area (Å²) in [5, 5.41) is 5.47. The van der Waals surface area contributed by atoms with Gasteiger partial charge in [-0.2, -0.15) is 0 Å². The Morgan fingerprint density at radius 1 is 1.35 bits per heavy atom. The third kappa shape index (κ3) is 2.48. The summed E-state index contributed by atoms with van der Waals surface area (Å²) in [6.45, 7) is 2.53. The average Bonchev–Trinajstić information content (AvgIpc) is 2.98. The van der Waals surface area contributed by atoms with Crippen molar-refractivity contribution in [2.45, 2.75) is 19.5 Å². The van der Waals surface area contributed by atoms with E-state index in [0.717, 1.165) is 37.6 Å². The number of hydrogen-bond donors (Lipinski definition) is 1. The van der Waals surface area contributed by atoms with Crippen LogP contribution in [-0.4, -0.2) is 11.6 Å². The molecule has 3 nitrogen and oxygen atoms in total. The lowest BCUT2D eigenvalue weighted by atomic mass is 10.1. The maximum absolute atomic E-state index is 5.49. The van der Waals surface area contributed by atoms with Gasteiger partial charge in [0.15, 0.2) is 0 Å². The molecule has 1 aromatic heterocycles. The molecule has 0 spiro atoms. The third-order valence-corrected chi connectivity index (χ3v) is 3.51. The van der Waals surface area contributed by atoms with Crippen LogP contribution in [-0.2, 0) is 19.5 Å². The van der Waals surface area contributed by atoms with Gasteiger partial charge in [-0.3, -0.25) is 0 Å². The van der Waals surface area contributed by atoms with Crippen LogP contribution in [0.4, 0.5) is 0 Å². The molecule has 4 heteroatoms. The van der Waals surface area contributed by atoms with Crippen molar-refractivity contribution in [1.29, 1.82) is 0 Å². The average molecular weight is 246 g/mol. The van der Waals surface area contributed by atoms with E-state index in [2.05, 4.69) is 33.9 Å². The normalized spacial score (nSPS) is 13.4. The minimum absolute atomic E-state index is 0.824. The van der Waals surface area contributed by atoms with E-state index in [4.69, 9.17) is 4.74 Å². The van der Waals surface area contributed by atoms with Gasteiger partial charge in [-0.05, 0) is 17.2 Å². The van der Waals surface area contributed by atoms with E-state index in [9.17, 15) is 0 Å². The van der Waals surface area contributed by atoms with Crippen LogP contribution >= 0.6 is 11.3 Å². The summed E-state index contributed by atoms with van der Waals surface area (Å²) in [5.41, 5.74) is 5.62. The van der Waals surface area contributed by atoms with Gasteiger partial charge in [0, 0.05) is 24.9 Å². The number of nitrogens with one attached hydrogen (secondary N) is 1. The molecule has 0 bridgehead atoms. The van der Waals surface area contributed by atoms with E-state index in [0.29, 0.717) is 0 Å². The van der Waals surface area contributed by atoms with Crippen molar-refractivity contribution < 1.29 is 4.74 Å². The summed E-state index contributed by atoms with van der Waals surface area (Å²) in [4.78, 5) is 4.24. The minimum Gasteiger partial charge on any atom is -0.493 e. The highest BCUT2D eigenvalue weighted by molar-refractivity contribution is 7.07. The first-order valence-electron chi connectivity index (χ1n) is 5.74. The standard InChI is InChI=1S/C13H14N2OS/c1-2-13-11(3-4-16-13)5-10(1)6-14-7-12-8-17-9-15-12/h1-2,5,8-9,14H,3-4,6-7H2. The molecule has 1 aliphatic heterocycles. The summed E-state index contributed by atoms with van der Waals surface area (Å²) in [6, 6.07) is 6.43. The fourth-order valence-corrected chi connectivity index (χ4v) is 2.57. The van der Waals surface area contributed by atoms with Gasteiger partial charge in [-0.15, -0.1) is 11.3 Å². The molecule has 3 rings (SSSR count). The third-order valence-electron chi connectivity index (χ3n) is 2.87. The van der Waals surface area contributed by atoms with Gasteiger partial charge >= 0.3 is 0 Å². The molecule has 0 saturated carbocycles. The zero-order chi connectivity index (χ0) is 11.5. The largest absolute Gasteiger partial charge is 0.493 e. The molecule has 0 fully saturated rings. The second-order valence-electron chi connectivity index (χ2n) is 4.12. The van der Waals surface area contributed by atoms with Crippen molar-refractivity contribution >= 4 is 11.3 Å². The van der Waals surface area contributed by atoms with Gasteiger partial charge in [0.05, 0.1) is 17.8 Å². The maximum Gasteiger partial charge on any atom is 0.122 e. The molecule has 0 aliphatic carbocycles. The van der Waals surface area contributed by atoms with Crippen LogP contribution < -0.4 is 10.1 Å². The molecule has 0 radical (unpaired) electrons. The zero-order valence-corrected chi connectivity index (χ0v) is 10.3. The molecule has 1 aromatic carbocycles. The Labute approximate surface area is 104 Å². The van der Waals surface area contributed by atoms with E-state index < -0.39 is 0 Å². The Morgan fingerprint density at radius 2 is 2.35 bits per heavy atom. The lowest BCUT2D eigenvalue weighted by Crippen LogP contribution is -2.12. The van der Waals surface area contributed by atoms with Gasteiger partial charge in [0.2, 0.25) is 0 Å². The van der Waals surface area contributed by atoms with E-state index in [1.807, 2.05) is 5.51 Å². The van der Waals surface area contributed by atoms with E-state index in [1.54, 1.807) is 11.3 Å². The first kappa shape index (κ1) is 10.7. The molecular weight excluding hydrogens is 232 g/mol. The van der Waals surface area contributed by atoms with Crippen LogP contribution in [0.15, 0.2) is 29.1 Å². The Hall–Kier alpha value is -1.39. The highest BCUT2D eigenvalue weighted by Gasteiger charge is 2.11. The number of nitrogens with zero attached hydrogens (tertiary/aromatic N) is 1. The molecule has 0 atom stereocenters. The SMILES string of the molecule is c1nc(CNCc2ccc3c(c2)CCO3)cs1. The van der Waals surface area contributed by atoms with E-state index in [-0.39, 0.29) is 0 Å². The lowest BCUT2D eigenvalue weighted by Gasteiger charge is -2.05. The fraction of sp³-hybridized carbons (Fsp3) is 0.308. The van der Waals surface area contributed by atoms with Crippen molar-refractivity contribution in [2.24, 2.45) is 0 Å². The zero-order valence-electron chi connectivity index (χ0n) is 9.48. The van der Waals surface area contributed by atoms with Gasteiger partial charge in [-0.25, -0.2) is 4.98 Å². The number of benzene rings is 1. The number of ether oxygens (including phenoxy) is 1. The lowest BCUT2D eigenvalue weighted by molar-refractivity contribution is 0.357. The molecule has 1 N–H and O–H groups in total. The molecule has 1 aliphatic rings. The molecule has 0 amide bonds. The van der Waals surface area contributed by atoms with E-state index >= 15 is 0 Å². The van der Waals surface area contributed by atoms with Crippen LogP contribution in [0.2, 0.25) is 0 Å². The van der Waals surface area contributed by atoms with Crippen LogP contribution in [0, 0.1) is 0 Å². The quantitative estimate of drug-likeness (QED) is 0.899. The monoisotopic (exact) mass is 246 g/mol. The number of hydrogen-bond acceptors (Lipinski definition) is 4. The summed E-state index contributed by atoms with van der Waals surface area (Å²) >= 11 is 1.63. The fourth-order valence-electron chi connectivity index (χ4n) is 2.01. The summed E-state index contributed by atoms with van der Waals surface area (Å²) < 4.78 is 5.49. The molecule has 2 heterocycles. The van der Waals surface area contributed by atoms with Crippen molar-refractivity contribution in [3.63, 3.8) is 0 Å². The molecule has 0 unspecified atom stereocenters. The minimum atomic E-state index is 0.824. The predicted molar refractivity (Wildman–Crippen MR) is 68.3 cm³/mol. The Balaban J connectivity index is 1.58. The second-order valence-corrected chi connectivity index (χ2v) is 4.84. The summed E-state index contributed by atoms with van der Waals surface area (Å²) in [5.74, 6) is 1.05. The van der Waals surface area contributed by atoms with Gasteiger partial charge in [-0.1, -0.05) is 12.1 Å². The highest BCUT2D eigenvalue weighted by Crippen LogP contribution is 2.25. The Kier molecular flexibility index (Phi) is 3.07. The van der Waals surface area contributed by atoms with Crippen molar-refractivity contribution in [3.8, 4) is 5.75 Å². The Bertz CT molecular complexity index is 496.